The summed E-state index contributed by atoms with van der Waals surface area (Å²) < 4.78 is 58.4. The number of aliphatic hydroxyl groups is 1. The smallest absolute Gasteiger partial charge is 0.324 e. The Morgan fingerprint density at radius 3 is 2.39 bits per heavy atom. The van der Waals surface area contributed by atoms with Crippen LogP contribution in [0.25, 0.3) is 0 Å². The van der Waals surface area contributed by atoms with Gasteiger partial charge in [-0.3, -0.25) is 4.79 Å². The summed E-state index contributed by atoms with van der Waals surface area (Å²) in [7, 11) is -4.86. The number of benzene rings is 2. The highest BCUT2D eigenvalue weighted by Crippen LogP contribution is 2.28. The molecule has 33 heavy (non-hydrogen) atoms. The fraction of sp³-hybridized carbons (Fsp3) is 0.409. The minimum Gasteiger partial charge on any atom is -0.460 e. The Balaban J connectivity index is 1.78. The maximum Gasteiger partial charge on any atom is 0.324 e. The third-order valence-electron chi connectivity index (χ3n) is 5.65. The minimum absolute atomic E-state index is 0.0408. The van der Waals surface area contributed by atoms with Gasteiger partial charge in [-0.1, -0.05) is 18.2 Å². The molecule has 3 rings (SSSR count). The van der Waals surface area contributed by atoms with Gasteiger partial charge in [-0.15, -0.1) is 0 Å². The van der Waals surface area contributed by atoms with Crippen LogP contribution in [0.5, 0.6) is 0 Å². The molecule has 1 saturated heterocycles. The summed E-state index contributed by atoms with van der Waals surface area (Å²) in [6, 6.07) is 9.50. The number of aryl methyl sites for hydroxylation is 2. The molecular formula is C22H28N2O7S2. The Labute approximate surface area is 194 Å². The van der Waals surface area contributed by atoms with Crippen molar-refractivity contribution in [2.24, 2.45) is 0 Å². The van der Waals surface area contributed by atoms with Crippen LogP contribution in [0.3, 0.4) is 0 Å². The zero-order valence-electron chi connectivity index (χ0n) is 18.9. The van der Waals surface area contributed by atoms with E-state index in [0.29, 0.717) is 5.56 Å². The Bertz CT molecular complexity index is 1260. The van der Waals surface area contributed by atoms with Gasteiger partial charge in [0, 0.05) is 27.1 Å². The average molecular weight is 497 g/mol. The molecule has 0 spiro atoms. The SMILES string of the molecule is Cc1ccc(S(=O)(=O)N2C[C@H](O)C[C@@H]2C(=O)OCc2cccc(S(=O)(=O)N(C)C)c2)cc1C. The van der Waals surface area contributed by atoms with Crippen molar-refractivity contribution in [2.45, 2.75) is 48.8 Å². The first-order chi connectivity index (χ1) is 15.3. The molecule has 180 valence electrons. The second kappa shape index (κ2) is 9.51. The van der Waals surface area contributed by atoms with Gasteiger partial charge in [0.2, 0.25) is 20.0 Å². The van der Waals surface area contributed by atoms with Crippen LogP contribution in [0.2, 0.25) is 0 Å². The Morgan fingerprint density at radius 2 is 1.76 bits per heavy atom. The molecule has 1 fully saturated rings. The van der Waals surface area contributed by atoms with Crippen molar-refractivity contribution in [3.63, 3.8) is 0 Å². The number of hydrogen-bond acceptors (Lipinski definition) is 7. The third-order valence-corrected chi connectivity index (χ3v) is 9.33. The first-order valence-electron chi connectivity index (χ1n) is 10.3. The molecule has 1 aliphatic rings. The first-order valence-corrected chi connectivity index (χ1v) is 13.2. The van der Waals surface area contributed by atoms with E-state index in [1.807, 2.05) is 6.92 Å². The Hall–Kier alpha value is -2.31. The molecule has 1 N–H and O–H groups in total. The molecule has 0 amide bonds. The summed E-state index contributed by atoms with van der Waals surface area (Å²) in [4.78, 5) is 12.9. The van der Waals surface area contributed by atoms with Gasteiger partial charge in [-0.2, -0.15) is 4.31 Å². The van der Waals surface area contributed by atoms with Crippen molar-refractivity contribution in [3.05, 3.63) is 59.2 Å². The molecule has 9 nitrogen and oxygen atoms in total. The zero-order valence-corrected chi connectivity index (χ0v) is 20.6. The van der Waals surface area contributed by atoms with Gasteiger partial charge in [-0.05, 0) is 54.8 Å². The maximum atomic E-state index is 13.2. The van der Waals surface area contributed by atoms with E-state index in [1.54, 1.807) is 19.1 Å². The number of hydrogen-bond donors (Lipinski definition) is 1. The molecule has 11 heteroatoms. The monoisotopic (exact) mass is 496 g/mol. The predicted molar refractivity (Wildman–Crippen MR) is 121 cm³/mol. The molecule has 1 aliphatic heterocycles. The highest BCUT2D eigenvalue weighted by molar-refractivity contribution is 7.89. The minimum atomic E-state index is -4.04. The summed E-state index contributed by atoms with van der Waals surface area (Å²) in [5.41, 5.74) is 2.17. The number of carbonyl (C=O) groups is 1. The van der Waals surface area contributed by atoms with Crippen molar-refractivity contribution < 1.29 is 31.5 Å². The largest absolute Gasteiger partial charge is 0.460 e. The lowest BCUT2D eigenvalue weighted by atomic mass is 10.1. The summed E-state index contributed by atoms with van der Waals surface area (Å²) >= 11 is 0. The number of ether oxygens (including phenoxy) is 1. The number of nitrogens with zero attached hydrogens (tertiary/aromatic N) is 2. The van der Waals surface area contributed by atoms with Crippen molar-refractivity contribution >= 4 is 26.0 Å². The normalized spacial score (nSPS) is 19.7. The van der Waals surface area contributed by atoms with Crippen molar-refractivity contribution in [3.8, 4) is 0 Å². The van der Waals surface area contributed by atoms with E-state index in [4.69, 9.17) is 4.74 Å². The van der Waals surface area contributed by atoms with Gasteiger partial charge in [-0.25, -0.2) is 21.1 Å². The van der Waals surface area contributed by atoms with Gasteiger partial charge in [0.1, 0.15) is 12.6 Å². The van der Waals surface area contributed by atoms with Gasteiger partial charge in [0.25, 0.3) is 0 Å². The lowest BCUT2D eigenvalue weighted by molar-refractivity contribution is -0.148. The molecule has 0 unspecified atom stereocenters. The standard InChI is InChI=1S/C22H28N2O7S2/c1-15-8-9-20(10-16(15)2)33(29,30)24-13-18(25)12-21(24)22(26)31-14-17-6-5-7-19(11-17)32(27,28)23(3)4/h5-11,18,21,25H,12-14H2,1-4H3/t18-,21-/m1/s1. The summed E-state index contributed by atoms with van der Waals surface area (Å²) in [6.07, 6.45) is -1.09. The lowest BCUT2D eigenvalue weighted by Gasteiger charge is -2.23. The molecule has 2 atom stereocenters. The van der Waals surface area contributed by atoms with Crippen LogP contribution in [-0.4, -0.2) is 69.3 Å². The third kappa shape index (κ3) is 5.28. The maximum absolute atomic E-state index is 13.2. The van der Waals surface area contributed by atoms with Gasteiger partial charge in [0.15, 0.2) is 0 Å². The molecule has 2 aromatic rings. The number of aliphatic hydroxyl groups excluding tert-OH is 1. The van der Waals surface area contributed by atoms with E-state index in [2.05, 4.69) is 0 Å². The topological polar surface area (TPSA) is 121 Å². The average Bonchev–Trinajstić information content (AvgIpc) is 3.16. The fourth-order valence-corrected chi connectivity index (χ4v) is 6.22. The first kappa shape index (κ1) is 25.3. The van der Waals surface area contributed by atoms with Gasteiger partial charge >= 0.3 is 5.97 Å². The summed E-state index contributed by atoms with van der Waals surface area (Å²) in [5, 5.41) is 10.1. The van der Waals surface area contributed by atoms with Crippen LogP contribution >= 0.6 is 0 Å². The molecule has 0 bridgehead atoms. The molecule has 0 saturated carbocycles. The van der Waals surface area contributed by atoms with E-state index in [9.17, 15) is 26.7 Å². The summed E-state index contributed by atoms with van der Waals surface area (Å²) in [5.74, 6) is -0.806. The number of sulfonamides is 2. The molecule has 0 radical (unpaired) electrons. The molecule has 2 aromatic carbocycles. The number of β-amino-alcohol motifs (C(OH)–C–C–N with tert-alkyl or cyclic N) is 1. The Kier molecular flexibility index (Phi) is 7.30. The second-order valence-corrected chi connectivity index (χ2v) is 12.3. The van der Waals surface area contributed by atoms with Gasteiger partial charge < -0.3 is 9.84 Å². The van der Waals surface area contributed by atoms with E-state index in [-0.39, 0.29) is 29.4 Å². The molecule has 0 aliphatic carbocycles. The van der Waals surface area contributed by atoms with E-state index < -0.39 is 38.2 Å². The van der Waals surface area contributed by atoms with Crippen LogP contribution in [0, 0.1) is 13.8 Å². The van der Waals surface area contributed by atoms with Crippen LogP contribution in [-0.2, 0) is 36.2 Å². The van der Waals surface area contributed by atoms with Crippen molar-refractivity contribution in [2.75, 3.05) is 20.6 Å². The highest BCUT2D eigenvalue weighted by Gasteiger charge is 2.44. The van der Waals surface area contributed by atoms with Crippen molar-refractivity contribution in [1.29, 1.82) is 0 Å². The second-order valence-electron chi connectivity index (χ2n) is 8.27. The van der Waals surface area contributed by atoms with Gasteiger partial charge in [0.05, 0.1) is 15.9 Å². The molecule has 1 heterocycles. The van der Waals surface area contributed by atoms with Crippen LogP contribution < -0.4 is 0 Å². The van der Waals surface area contributed by atoms with Crippen LogP contribution in [0.15, 0.2) is 52.3 Å². The Morgan fingerprint density at radius 1 is 1.06 bits per heavy atom. The van der Waals surface area contributed by atoms with Crippen molar-refractivity contribution in [1.82, 2.24) is 8.61 Å². The van der Waals surface area contributed by atoms with Crippen LogP contribution in [0.1, 0.15) is 23.1 Å². The highest BCUT2D eigenvalue weighted by atomic mass is 32.2. The van der Waals surface area contributed by atoms with E-state index in [1.165, 1.54) is 44.4 Å². The fourth-order valence-electron chi connectivity index (χ4n) is 3.53. The zero-order chi connectivity index (χ0) is 24.6. The number of rotatable bonds is 7. The van der Waals surface area contributed by atoms with E-state index >= 15 is 0 Å². The molecule has 0 aromatic heterocycles. The van der Waals surface area contributed by atoms with Crippen LogP contribution in [0.4, 0.5) is 0 Å². The summed E-state index contributed by atoms with van der Waals surface area (Å²) in [6.45, 7) is 3.21. The molecular weight excluding hydrogens is 468 g/mol. The lowest BCUT2D eigenvalue weighted by Crippen LogP contribution is -2.41. The van der Waals surface area contributed by atoms with E-state index in [0.717, 1.165) is 19.7 Å². The predicted octanol–water partition coefficient (Wildman–Crippen LogP) is 1.42. The number of esters is 1. The number of carbonyl (C=O) groups excluding carboxylic acids is 1. The quantitative estimate of drug-likeness (QED) is 0.576.